The van der Waals surface area contributed by atoms with Crippen molar-refractivity contribution in [2.45, 2.75) is 26.3 Å². The Hall–Kier alpha value is -1.47. The molecule has 1 amide bonds. The fourth-order valence-corrected chi connectivity index (χ4v) is 1.87. The van der Waals surface area contributed by atoms with Crippen LogP contribution in [0.15, 0.2) is 5.38 Å². The Bertz CT molecular complexity index is 406. The van der Waals surface area contributed by atoms with Gasteiger partial charge >= 0.3 is 5.97 Å². The number of carbonyl (C=O) groups is 2. The summed E-state index contributed by atoms with van der Waals surface area (Å²) in [6.07, 6.45) is 1.23. The largest absolute Gasteiger partial charge is 0.476 e. The third-order valence-electron chi connectivity index (χ3n) is 2.03. The minimum absolute atomic E-state index is 0.00975. The Labute approximate surface area is 109 Å². The van der Waals surface area contributed by atoms with Crippen LogP contribution in [-0.2, 0) is 16.1 Å². The van der Waals surface area contributed by atoms with Crippen molar-refractivity contribution in [2.24, 2.45) is 0 Å². The smallest absolute Gasteiger partial charge is 0.355 e. The summed E-state index contributed by atoms with van der Waals surface area (Å²) in [4.78, 5) is 25.8. The molecule has 0 saturated heterocycles. The highest BCUT2D eigenvalue weighted by atomic mass is 32.1. The number of aromatic nitrogens is 1. The Morgan fingerprint density at radius 3 is 2.89 bits per heavy atom. The second-order valence-corrected chi connectivity index (χ2v) is 4.51. The zero-order valence-electron chi connectivity index (χ0n) is 10.1. The quantitative estimate of drug-likeness (QED) is 0.696. The first kappa shape index (κ1) is 14.6. The number of nitrogens with one attached hydrogen (secondary N) is 1. The van der Waals surface area contributed by atoms with E-state index in [0.717, 1.165) is 6.42 Å². The molecule has 0 fully saturated rings. The number of thiazole rings is 1. The molecule has 2 N–H and O–H groups in total. The molecule has 0 radical (unpaired) electrons. The summed E-state index contributed by atoms with van der Waals surface area (Å²) in [5.74, 6) is -1.19. The number of hydrogen-bond acceptors (Lipinski definition) is 5. The van der Waals surface area contributed by atoms with Gasteiger partial charge in [0.1, 0.15) is 5.01 Å². The van der Waals surface area contributed by atoms with Gasteiger partial charge < -0.3 is 15.2 Å². The highest BCUT2D eigenvalue weighted by Crippen LogP contribution is 2.09. The van der Waals surface area contributed by atoms with E-state index in [1.54, 1.807) is 0 Å². The van der Waals surface area contributed by atoms with Crippen LogP contribution in [0.2, 0.25) is 0 Å². The van der Waals surface area contributed by atoms with Crippen LogP contribution in [0.1, 0.15) is 35.3 Å². The summed E-state index contributed by atoms with van der Waals surface area (Å²) in [5, 5.41) is 13.4. The standard InChI is InChI=1S/C11H16N2O4S/c1-2-4-17-5-3-9(14)12-6-10-13-8(7-18-10)11(15)16/h7H,2-6H2,1H3,(H,12,14)(H,15,16). The van der Waals surface area contributed by atoms with Crippen molar-refractivity contribution in [3.63, 3.8) is 0 Å². The number of ether oxygens (including phenoxy) is 1. The molecule has 6 nitrogen and oxygen atoms in total. The summed E-state index contributed by atoms with van der Waals surface area (Å²) in [5.41, 5.74) is 0.00975. The van der Waals surface area contributed by atoms with Gasteiger partial charge in [-0.05, 0) is 6.42 Å². The van der Waals surface area contributed by atoms with E-state index in [-0.39, 0.29) is 18.1 Å². The Balaban J connectivity index is 2.23. The molecule has 18 heavy (non-hydrogen) atoms. The van der Waals surface area contributed by atoms with E-state index < -0.39 is 5.97 Å². The molecule has 1 heterocycles. The van der Waals surface area contributed by atoms with Crippen LogP contribution >= 0.6 is 11.3 Å². The Kier molecular flexibility index (Phi) is 6.31. The van der Waals surface area contributed by atoms with Gasteiger partial charge in [0.05, 0.1) is 13.2 Å². The lowest BCUT2D eigenvalue weighted by Gasteiger charge is -2.03. The number of amides is 1. The molecule has 100 valence electrons. The topological polar surface area (TPSA) is 88.5 Å². The average molecular weight is 272 g/mol. The molecule has 0 bridgehead atoms. The molecular weight excluding hydrogens is 256 g/mol. The molecule has 0 aliphatic carbocycles. The monoisotopic (exact) mass is 272 g/mol. The van der Waals surface area contributed by atoms with Crippen molar-refractivity contribution in [1.29, 1.82) is 0 Å². The van der Waals surface area contributed by atoms with E-state index in [4.69, 9.17) is 9.84 Å². The van der Waals surface area contributed by atoms with Gasteiger partial charge in [-0.25, -0.2) is 9.78 Å². The summed E-state index contributed by atoms with van der Waals surface area (Å²) in [6.45, 7) is 3.31. The van der Waals surface area contributed by atoms with Gasteiger partial charge in [-0.2, -0.15) is 0 Å². The summed E-state index contributed by atoms with van der Waals surface area (Å²) in [7, 11) is 0. The first-order chi connectivity index (χ1) is 8.63. The molecule has 7 heteroatoms. The lowest BCUT2D eigenvalue weighted by atomic mass is 10.4. The number of rotatable bonds is 8. The predicted octanol–water partition coefficient (Wildman–Crippen LogP) is 1.27. The number of aromatic carboxylic acids is 1. The predicted molar refractivity (Wildman–Crippen MR) is 66.6 cm³/mol. The van der Waals surface area contributed by atoms with Gasteiger partial charge in [0.2, 0.25) is 5.91 Å². The molecule has 1 aromatic heterocycles. The third-order valence-corrected chi connectivity index (χ3v) is 2.88. The maximum absolute atomic E-state index is 11.4. The van der Waals surface area contributed by atoms with E-state index in [1.807, 2.05) is 6.92 Å². The SMILES string of the molecule is CCCOCCC(=O)NCc1nc(C(=O)O)cs1. The number of carboxylic acids is 1. The molecule has 0 aliphatic rings. The van der Waals surface area contributed by atoms with Crippen molar-refractivity contribution in [1.82, 2.24) is 10.3 Å². The van der Waals surface area contributed by atoms with Crippen molar-refractivity contribution in [2.75, 3.05) is 13.2 Å². The number of hydrogen-bond donors (Lipinski definition) is 2. The first-order valence-electron chi connectivity index (χ1n) is 5.65. The Morgan fingerprint density at radius 2 is 2.28 bits per heavy atom. The molecule has 0 spiro atoms. The number of carbonyl (C=O) groups excluding carboxylic acids is 1. The maximum Gasteiger partial charge on any atom is 0.355 e. The van der Waals surface area contributed by atoms with Crippen molar-refractivity contribution >= 4 is 23.2 Å². The fourth-order valence-electron chi connectivity index (χ4n) is 1.16. The molecule has 1 aromatic rings. The molecular formula is C11H16N2O4S. The van der Waals surface area contributed by atoms with Crippen LogP contribution in [0.3, 0.4) is 0 Å². The normalized spacial score (nSPS) is 10.3. The number of nitrogens with zero attached hydrogens (tertiary/aromatic N) is 1. The minimum atomic E-state index is -1.06. The molecule has 0 saturated carbocycles. The zero-order valence-corrected chi connectivity index (χ0v) is 11.0. The molecule has 0 aromatic carbocycles. The second-order valence-electron chi connectivity index (χ2n) is 3.57. The van der Waals surface area contributed by atoms with E-state index in [1.165, 1.54) is 16.7 Å². The highest BCUT2D eigenvalue weighted by molar-refractivity contribution is 7.09. The van der Waals surface area contributed by atoms with Crippen molar-refractivity contribution in [3.05, 3.63) is 16.1 Å². The third kappa shape index (κ3) is 5.24. The molecule has 0 atom stereocenters. The maximum atomic E-state index is 11.4. The van der Waals surface area contributed by atoms with Gasteiger partial charge in [0.25, 0.3) is 0 Å². The van der Waals surface area contributed by atoms with Gasteiger partial charge in [-0.3, -0.25) is 4.79 Å². The van der Waals surface area contributed by atoms with E-state index in [0.29, 0.717) is 24.6 Å². The Morgan fingerprint density at radius 1 is 1.50 bits per heavy atom. The van der Waals surface area contributed by atoms with Crippen LogP contribution in [-0.4, -0.2) is 35.2 Å². The minimum Gasteiger partial charge on any atom is -0.476 e. The van der Waals surface area contributed by atoms with Crippen LogP contribution in [0.25, 0.3) is 0 Å². The van der Waals surface area contributed by atoms with E-state index in [2.05, 4.69) is 10.3 Å². The summed E-state index contributed by atoms with van der Waals surface area (Å²) >= 11 is 1.21. The lowest BCUT2D eigenvalue weighted by molar-refractivity contribution is -0.122. The van der Waals surface area contributed by atoms with Crippen molar-refractivity contribution < 1.29 is 19.4 Å². The highest BCUT2D eigenvalue weighted by Gasteiger charge is 2.09. The lowest BCUT2D eigenvalue weighted by Crippen LogP contribution is -2.24. The van der Waals surface area contributed by atoms with Crippen LogP contribution in [0.5, 0.6) is 0 Å². The van der Waals surface area contributed by atoms with E-state index in [9.17, 15) is 9.59 Å². The fraction of sp³-hybridized carbons (Fsp3) is 0.545. The zero-order chi connectivity index (χ0) is 13.4. The van der Waals surface area contributed by atoms with E-state index >= 15 is 0 Å². The summed E-state index contributed by atoms with van der Waals surface area (Å²) < 4.78 is 5.19. The first-order valence-corrected chi connectivity index (χ1v) is 6.53. The van der Waals surface area contributed by atoms with Crippen LogP contribution in [0, 0.1) is 0 Å². The van der Waals surface area contributed by atoms with Crippen molar-refractivity contribution in [3.8, 4) is 0 Å². The molecule has 0 aliphatic heterocycles. The van der Waals surface area contributed by atoms with Gasteiger partial charge in [0, 0.05) is 18.4 Å². The summed E-state index contributed by atoms with van der Waals surface area (Å²) in [6, 6.07) is 0. The van der Waals surface area contributed by atoms with Crippen LogP contribution < -0.4 is 5.32 Å². The van der Waals surface area contributed by atoms with Gasteiger partial charge in [-0.15, -0.1) is 11.3 Å². The molecule has 1 rings (SSSR count). The molecule has 0 unspecified atom stereocenters. The van der Waals surface area contributed by atoms with Gasteiger partial charge in [-0.1, -0.05) is 6.92 Å². The second kappa shape index (κ2) is 7.78. The number of carboxylic acid groups (broad SMARTS) is 1. The van der Waals surface area contributed by atoms with Crippen LogP contribution in [0.4, 0.5) is 0 Å². The van der Waals surface area contributed by atoms with Gasteiger partial charge in [0.15, 0.2) is 5.69 Å². The average Bonchev–Trinajstić information content (AvgIpc) is 2.81.